The maximum atomic E-state index is 13.2. The van der Waals surface area contributed by atoms with E-state index in [1.165, 1.54) is 32.2 Å². The van der Waals surface area contributed by atoms with E-state index in [9.17, 15) is 24.5 Å². The summed E-state index contributed by atoms with van der Waals surface area (Å²) >= 11 is 0. The number of carbonyl (C=O) groups excluding carboxylic acids is 2. The standard InChI is InChI=1S/C29H33N5O7/c1-5-40-24-12-10-22(11-13-24)32-17-16-31(29(32)37)14-7-15-33-26(21-8-6-9-23(18-21)34(38)39)25(20(4)30-28(33)36)27(35)41-19(2)3/h6,8-13,16-19,26H,5,7,14-15H2,1-4H3,(H,30,36). The number of non-ortho nitro benzene ring substituents is 1. The third kappa shape index (κ3) is 6.48. The molecule has 0 aliphatic carbocycles. The summed E-state index contributed by atoms with van der Waals surface area (Å²) in [4.78, 5) is 51.8. The van der Waals surface area contributed by atoms with Gasteiger partial charge in [-0.15, -0.1) is 0 Å². The Morgan fingerprint density at radius 1 is 1.10 bits per heavy atom. The molecule has 0 fully saturated rings. The highest BCUT2D eigenvalue weighted by atomic mass is 16.6. The van der Waals surface area contributed by atoms with Crippen LogP contribution in [0.1, 0.15) is 45.7 Å². The molecule has 0 saturated heterocycles. The van der Waals surface area contributed by atoms with Crippen molar-refractivity contribution in [1.29, 1.82) is 0 Å². The third-order valence-corrected chi connectivity index (χ3v) is 6.58. The van der Waals surface area contributed by atoms with Crippen molar-refractivity contribution in [3.63, 3.8) is 0 Å². The molecule has 12 heteroatoms. The number of allylic oxidation sites excluding steroid dienone is 1. The van der Waals surface area contributed by atoms with E-state index in [0.29, 0.717) is 42.3 Å². The Labute approximate surface area is 236 Å². The van der Waals surface area contributed by atoms with Crippen LogP contribution in [0, 0.1) is 10.1 Å². The zero-order valence-corrected chi connectivity index (χ0v) is 23.4. The molecule has 1 atom stereocenters. The smallest absolute Gasteiger partial charge is 0.338 e. The molecule has 216 valence electrons. The lowest BCUT2D eigenvalue weighted by atomic mass is 9.93. The van der Waals surface area contributed by atoms with E-state index in [1.54, 1.807) is 63.5 Å². The van der Waals surface area contributed by atoms with E-state index in [2.05, 4.69) is 5.32 Å². The summed E-state index contributed by atoms with van der Waals surface area (Å²) in [6, 6.07) is 11.7. The van der Waals surface area contributed by atoms with Crippen LogP contribution in [-0.4, -0.2) is 50.2 Å². The van der Waals surface area contributed by atoms with Crippen molar-refractivity contribution in [3.8, 4) is 11.4 Å². The number of nitro groups is 1. The molecule has 0 bridgehead atoms. The molecule has 2 heterocycles. The highest BCUT2D eigenvalue weighted by Crippen LogP contribution is 2.36. The lowest BCUT2D eigenvalue weighted by Crippen LogP contribution is -2.49. The zero-order valence-electron chi connectivity index (χ0n) is 23.4. The van der Waals surface area contributed by atoms with E-state index in [0.717, 1.165) is 0 Å². The number of carbonyl (C=O) groups is 2. The number of hydrogen-bond donors (Lipinski definition) is 1. The molecule has 1 aliphatic rings. The molecule has 0 spiro atoms. The second-order valence-corrected chi connectivity index (χ2v) is 9.80. The minimum atomic E-state index is -0.917. The van der Waals surface area contributed by atoms with Gasteiger partial charge in [-0.1, -0.05) is 12.1 Å². The lowest BCUT2D eigenvalue weighted by molar-refractivity contribution is -0.384. The van der Waals surface area contributed by atoms with Crippen LogP contribution in [0.3, 0.4) is 0 Å². The number of nitro benzene ring substituents is 1. The Morgan fingerprint density at radius 2 is 1.83 bits per heavy atom. The predicted octanol–water partition coefficient (Wildman–Crippen LogP) is 4.33. The summed E-state index contributed by atoms with van der Waals surface area (Å²) in [6.45, 7) is 7.92. The number of nitrogens with zero attached hydrogens (tertiary/aromatic N) is 4. The Bertz CT molecular complexity index is 1520. The van der Waals surface area contributed by atoms with Gasteiger partial charge in [-0.25, -0.2) is 14.4 Å². The van der Waals surface area contributed by atoms with Gasteiger partial charge in [0.25, 0.3) is 5.69 Å². The Morgan fingerprint density at radius 3 is 2.49 bits per heavy atom. The number of nitrogens with one attached hydrogen (secondary N) is 1. The van der Waals surface area contributed by atoms with E-state index in [1.807, 2.05) is 6.92 Å². The second-order valence-electron chi connectivity index (χ2n) is 9.80. The number of hydrogen-bond acceptors (Lipinski definition) is 7. The van der Waals surface area contributed by atoms with Crippen molar-refractivity contribution in [2.24, 2.45) is 0 Å². The van der Waals surface area contributed by atoms with E-state index >= 15 is 0 Å². The predicted molar refractivity (Wildman–Crippen MR) is 151 cm³/mol. The van der Waals surface area contributed by atoms with Gasteiger partial charge in [0.1, 0.15) is 5.75 Å². The fraction of sp³-hybridized carbons (Fsp3) is 0.345. The van der Waals surface area contributed by atoms with E-state index in [-0.39, 0.29) is 23.5 Å². The van der Waals surface area contributed by atoms with Crippen LogP contribution >= 0.6 is 0 Å². The largest absolute Gasteiger partial charge is 0.494 e. The number of benzene rings is 2. The number of esters is 1. The van der Waals surface area contributed by atoms with Crippen molar-refractivity contribution in [2.75, 3.05) is 13.2 Å². The van der Waals surface area contributed by atoms with Gasteiger partial charge in [0, 0.05) is 43.3 Å². The number of imidazole rings is 1. The molecule has 3 aromatic rings. The third-order valence-electron chi connectivity index (χ3n) is 6.58. The minimum absolute atomic E-state index is 0.158. The van der Waals surface area contributed by atoms with Crippen LogP contribution in [0.2, 0.25) is 0 Å². The van der Waals surface area contributed by atoms with Crippen molar-refractivity contribution < 1.29 is 24.0 Å². The van der Waals surface area contributed by atoms with Gasteiger partial charge in [-0.3, -0.25) is 19.2 Å². The molecule has 41 heavy (non-hydrogen) atoms. The Hall–Kier alpha value is -4.87. The maximum Gasteiger partial charge on any atom is 0.338 e. The molecular weight excluding hydrogens is 530 g/mol. The average Bonchev–Trinajstić information content (AvgIpc) is 3.29. The Balaban J connectivity index is 1.58. The first kappa shape index (κ1) is 29.1. The number of urea groups is 1. The molecule has 0 radical (unpaired) electrons. The number of aryl methyl sites for hydroxylation is 1. The van der Waals surface area contributed by atoms with Gasteiger partial charge in [0.2, 0.25) is 0 Å². The molecule has 1 aromatic heterocycles. The molecule has 1 unspecified atom stereocenters. The highest BCUT2D eigenvalue weighted by Gasteiger charge is 2.39. The number of ether oxygens (including phenoxy) is 2. The summed E-state index contributed by atoms with van der Waals surface area (Å²) in [5.74, 6) is 0.0884. The van der Waals surface area contributed by atoms with Crippen molar-refractivity contribution >= 4 is 17.7 Å². The first-order chi connectivity index (χ1) is 19.6. The summed E-state index contributed by atoms with van der Waals surface area (Å²) in [5, 5.41) is 14.2. The fourth-order valence-electron chi connectivity index (χ4n) is 4.77. The SMILES string of the molecule is CCOc1ccc(-n2ccn(CCCN3C(=O)NC(C)=C(C(=O)OC(C)C)C3c3cccc([N+](=O)[O-])c3)c2=O)cc1. The molecule has 0 saturated carbocycles. The summed E-state index contributed by atoms with van der Waals surface area (Å²) in [6.07, 6.45) is 3.30. The monoisotopic (exact) mass is 563 g/mol. The normalized spacial score (nSPS) is 15.2. The fourth-order valence-corrected chi connectivity index (χ4v) is 4.77. The number of aromatic nitrogens is 2. The van der Waals surface area contributed by atoms with Gasteiger partial charge in [0.15, 0.2) is 0 Å². The number of rotatable bonds is 11. The summed E-state index contributed by atoms with van der Waals surface area (Å²) < 4.78 is 14.0. The molecule has 2 aromatic carbocycles. The van der Waals surface area contributed by atoms with Crippen LogP contribution in [0.15, 0.2) is 77.0 Å². The first-order valence-electron chi connectivity index (χ1n) is 13.4. The lowest BCUT2D eigenvalue weighted by Gasteiger charge is -2.38. The van der Waals surface area contributed by atoms with Crippen molar-refractivity contribution in [3.05, 3.63) is 98.4 Å². The quantitative estimate of drug-likeness (QED) is 0.208. The van der Waals surface area contributed by atoms with Gasteiger partial charge in [0.05, 0.1) is 34.9 Å². The molecule has 12 nitrogen and oxygen atoms in total. The van der Waals surface area contributed by atoms with Crippen molar-refractivity contribution in [2.45, 2.75) is 52.8 Å². The minimum Gasteiger partial charge on any atom is -0.494 e. The molecule has 1 aliphatic heterocycles. The van der Waals surface area contributed by atoms with Crippen LogP contribution in [-0.2, 0) is 16.1 Å². The maximum absolute atomic E-state index is 13.2. The van der Waals surface area contributed by atoms with Gasteiger partial charge >= 0.3 is 17.7 Å². The zero-order chi connectivity index (χ0) is 29.7. The average molecular weight is 564 g/mol. The van der Waals surface area contributed by atoms with Crippen LogP contribution in [0.25, 0.3) is 5.69 Å². The van der Waals surface area contributed by atoms with Gasteiger partial charge in [-0.2, -0.15) is 0 Å². The van der Waals surface area contributed by atoms with E-state index in [4.69, 9.17) is 9.47 Å². The molecule has 2 amide bonds. The van der Waals surface area contributed by atoms with Gasteiger partial charge < -0.3 is 19.7 Å². The van der Waals surface area contributed by atoms with Crippen LogP contribution in [0.5, 0.6) is 5.75 Å². The van der Waals surface area contributed by atoms with Crippen LogP contribution < -0.4 is 15.7 Å². The van der Waals surface area contributed by atoms with Crippen molar-refractivity contribution in [1.82, 2.24) is 19.4 Å². The second kappa shape index (κ2) is 12.5. The Kier molecular flexibility index (Phi) is 8.91. The highest BCUT2D eigenvalue weighted by molar-refractivity contribution is 5.95. The van der Waals surface area contributed by atoms with Crippen LogP contribution in [0.4, 0.5) is 10.5 Å². The molecule has 1 N–H and O–H groups in total. The summed E-state index contributed by atoms with van der Waals surface area (Å²) in [7, 11) is 0. The van der Waals surface area contributed by atoms with E-state index < -0.39 is 29.1 Å². The summed E-state index contributed by atoms with van der Waals surface area (Å²) in [5.41, 5.74) is 1.19. The molecule has 4 rings (SSSR count). The number of amides is 2. The molecular formula is C29H33N5O7. The topological polar surface area (TPSA) is 138 Å². The first-order valence-corrected chi connectivity index (χ1v) is 13.4. The van der Waals surface area contributed by atoms with Gasteiger partial charge in [-0.05, 0) is 63.9 Å².